The zero-order valence-electron chi connectivity index (χ0n) is 10.6. The molecule has 0 aliphatic carbocycles. The summed E-state index contributed by atoms with van der Waals surface area (Å²) in [5.41, 5.74) is 4.17. The molecule has 0 saturated carbocycles. The molecule has 1 aromatic rings. The Morgan fingerprint density at radius 2 is 2.26 bits per heavy atom. The Morgan fingerprint density at radius 1 is 1.47 bits per heavy atom. The molecule has 2 amide bonds. The van der Waals surface area contributed by atoms with Gasteiger partial charge < -0.3 is 20.3 Å². The lowest BCUT2D eigenvalue weighted by Gasteiger charge is -2.32. The molecule has 1 atom stereocenters. The number of hydrogen-bond acceptors (Lipinski definition) is 6. The average molecular weight is 268 g/mol. The van der Waals surface area contributed by atoms with Gasteiger partial charge >= 0.3 is 11.8 Å². The lowest BCUT2D eigenvalue weighted by molar-refractivity contribution is -0.150. The highest BCUT2D eigenvalue weighted by Crippen LogP contribution is 2.24. The van der Waals surface area contributed by atoms with Crippen molar-refractivity contribution in [3.8, 4) is 0 Å². The van der Waals surface area contributed by atoms with Crippen LogP contribution in [0.5, 0.6) is 0 Å². The summed E-state index contributed by atoms with van der Waals surface area (Å²) in [5, 5.41) is 6.20. The minimum Gasteiger partial charge on any atom is -0.365 e. The highest BCUT2D eigenvalue weighted by Gasteiger charge is 2.35. The van der Waals surface area contributed by atoms with E-state index in [1.165, 1.54) is 0 Å². The van der Waals surface area contributed by atoms with Crippen molar-refractivity contribution < 1.29 is 18.8 Å². The van der Waals surface area contributed by atoms with Crippen LogP contribution < -0.4 is 11.1 Å². The summed E-state index contributed by atoms with van der Waals surface area (Å²) in [5.74, 6) is -1.10. The van der Waals surface area contributed by atoms with Crippen molar-refractivity contribution >= 4 is 11.8 Å². The molecule has 3 N–H and O–H groups in total. The summed E-state index contributed by atoms with van der Waals surface area (Å²) in [6.07, 6.45) is 2.60. The van der Waals surface area contributed by atoms with Gasteiger partial charge in [0.05, 0.1) is 6.54 Å². The van der Waals surface area contributed by atoms with Crippen LogP contribution in [0.15, 0.2) is 4.52 Å². The van der Waals surface area contributed by atoms with E-state index in [2.05, 4.69) is 20.0 Å². The van der Waals surface area contributed by atoms with Crippen LogP contribution in [0, 0.1) is 0 Å². The third-order valence-electron chi connectivity index (χ3n) is 3.04. The van der Waals surface area contributed by atoms with E-state index in [0.717, 1.165) is 12.8 Å². The zero-order valence-corrected chi connectivity index (χ0v) is 10.6. The maximum atomic E-state index is 12.0. The second kappa shape index (κ2) is 5.35. The van der Waals surface area contributed by atoms with Gasteiger partial charge in [0.15, 0.2) is 5.82 Å². The van der Waals surface area contributed by atoms with E-state index in [1.54, 1.807) is 6.92 Å². The number of ether oxygens (including phenoxy) is 1. The van der Waals surface area contributed by atoms with Crippen molar-refractivity contribution in [1.29, 1.82) is 0 Å². The Hall–Kier alpha value is -1.96. The SMILES string of the molecule is C[C@]1(C(=O)NCc2noc(C(N)=O)n2)CCCCO1. The summed E-state index contributed by atoms with van der Waals surface area (Å²) < 4.78 is 10.1. The molecular weight excluding hydrogens is 252 g/mol. The predicted molar refractivity (Wildman–Crippen MR) is 62.9 cm³/mol. The number of aromatic nitrogens is 2. The third kappa shape index (κ3) is 3.08. The Labute approximate surface area is 109 Å². The van der Waals surface area contributed by atoms with Gasteiger partial charge in [-0.25, -0.2) is 0 Å². The zero-order chi connectivity index (χ0) is 13.9. The van der Waals surface area contributed by atoms with E-state index < -0.39 is 11.5 Å². The van der Waals surface area contributed by atoms with Crippen molar-refractivity contribution in [3.05, 3.63) is 11.7 Å². The first-order valence-electron chi connectivity index (χ1n) is 6.06. The number of amides is 2. The highest BCUT2D eigenvalue weighted by atomic mass is 16.5. The van der Waals surface area contributed by atoms with Gasteiger partial charge in [-0.15, -0.1) is 0 Å². The normalized spacial score (nSPS) is 23.0. The maximum Gasteiger partial charge on any atom is 0.315 e. The van der Waals surface area contributed by atoms with Crippen LogP contribution in [-0.2, 0) is 16.1 Å². The van der Waals surface area contributed by atoms with Crippen LogP contribution in [0.1, 0.15) is 42.7 Å². The molecule has 1 fully saturated rings. The molecule has 1 aliphatic rings. The lowest BCUT2D eigenvalue weighted by atomic mass is 9.95. The molecule has 1 saturated heterocycles. The van der Waals surface area contributed by atoms with Gasteiger partial charge in [0.25, 0.3) is 5.91 Å². The molecule has 0 bridgehead atoms. The monoisotopic (exact) mass is 268 g/mol. The Bertz CT molecular complexity index is 479. The standard InChI is InChI=1S/C11H16N4O4/c1-11(4-2-3-5-18-11)10(17)13-6-7-14-9(8(12)16)19-15-7/h2-6H2,1H3,(H2,12,16)(H,13,17)/t11-/m1/s1. The van der Waals surface area contributed by atoms with Crippen LogP contribution in [0.2, 0.25) is 0 Å². The molecule has 2 rings (SSSR count). The van der Waals surface area contributed by atoms with E-state index in [1.807, 2.05) is 0 Å². The fourth-order valence-electron chi connectivity index (χ4n) is 1.89. The fraction of sp³-hybridized carbons (Fsp3) is 0.636. The Balaban J connectivity index is 1.90. The van der Waals surface area contributed by atoms with Crippen molar-refractivity contribution in [1.82, 2.24) is 15.5 Å². The second-order valence-electron chi connectivity index (χ2n) is 4.60. The minimum atomic E-state index is -0.811. The van der Waals surface area contributed by atoms with Gasteiger partial charge in [0, 0.05) is 6.61 Å². The maximum absolute atomic E-state index is 12.0. The molecule has 0 spiro atoms. The van der Waals surface area contributed by atoms with Crippen molar-refractivity contribution in [3.63, 3.8) is 0 Å². The first-order valence-corrected chi connectivity index (χ1v) is 6.06. The first-order chi connectivity index (χ1) is 9.01. The molecular formula is C11H16N4O4. The summed E-state index contributed by atoms with van der Waals surface area (Å²) in [6.45, 7) is 2.40. The molecule has 19 heavy (non-hydrogen) atoms. The number of hydrogen-bond donors (Lipinski definition) is 2. The van der Waals surface area contributed by atoms with E-state index in [4.69, 9.17) is 10.5 Å². The Kier molecular flexibility index (Phi) is 3.79. The summed E-state index contributed by atoms with van der Waals surface area (Å²) in [4.78, 5) is 26.5. The number of carbonyl (C=O) groups is 2. The van der Waals surface area contributed by atoms with Gasteiger partial charge in [-0.2, -0.15) is 4.98 Å². The van der Waals surface area contributed by atoms with Gasteiger partial charge in [-0.05, 0) is 26.2 Å². The number of rotatable bonds is 4. The van der Waals surface area contributed by atoms with Gasteiger partial charge in [0.2, 0.25) is 0 Å². The van der Waals surface area contributed by atoms with Gasteiger partial charge in [-0.3, -0.25) is 9.59 Å². The van der Waals surface area contributed by atoms with Crippen molar-refractivity contribution in [2.24, 2.45) is 5.73 Å². The Morgan fingerprint density at radius 3 is 2.84 bits per heavy atom. The quantitative estimate of drug-likeness (QED) is 0.776. The number of nitrogens with one attached hydrogen (secondary N) is 1. The molecule has 0 unspecified atom stereocenters. The first kappa shape index (κ1) is 13.5. The van der Waals surface area contributed by atoms with E-state index in [-0.39, 0.29) is 24.2 Å². The number of primary amides is 1. The lowest BCUT2D eigenvalue weighted by Crippen LogP contribution is -2.48. The largest absolute Gasteiger partial charge is 0.365 e. The molecule has 2 heterocycles. The second-order valence-corrected chi connectivity index (χ2v) is 4.60. The molecule has 0 radical (unpaired) electrons. The van der Waals surface area contributed by atoms with Gasteiger partial charge in [-0.1, -0.05) is 5.16 Å². The molecule has 8 heteroatoms. The van der Waals surface area contributed by atoms with Crippen LogP contribution in [0.4, 0.5) is 0 Å². The number of nitrogens with two attached hydrogens (primary N) is 1. The van der Waals surface area contributed by atoms with Crippen LogP contribution in [-0.4, -0.2) is 34.2 Å². The van der Waals surface area contributed by atoms with Gasteiger partial charge in [0.1, 0.15) is 5.60 Å². The van der Waals surface area contributed by atoms with E-state index in [0.29, 0.717) is 13.0 Å². The molecule has 1 aromatic heterocycles. The number of carbonyl (C=O) groups excluding carboxylic acids is 2. The topological polar surface area (TPSA) is 120 Å². The van der Waals surface area contributed by atoms with Crippen molar-refractivity contribution in [2.45, 2.75) is 38.3 Å². The fourth-order valence-corrected chi connectivity index (χ4v) is 1.89. The molecule has 104 valence electrons. The van der Waals surface area contributed by atoms with E-state index >= 15 is 0 Å². The molecule has 1 aliphatic heterocycles. The summed E-state index contributed by atoms with van der Waals surface area (Å²) in [7, 11) is 0. The smallest absolute Gasteiger partial charge is 0.315 e. The summed E-state index contributed by atoms with van der Waals surface area (Å²) >= 11 is 0. The molecule has 8 nitrogen and oxygen atoms in total. The predicted octanol–water partition coefficient (Wildman–Crippen LogP) is -0.256. The minimum absolute atomic E-state index is 0.0641. The third-order valence-corrected chi connectivity index (χ3v) is 3.04. The van der Waals surface area contributed by atoms with Crippen LogP contribution >= 0.6 is 0 Å². The average Bonchev–Trinajstić information content (AvgIpc) is 2.85. The summed E-state index contributed by atoms with van der Waals surface area (Å²) in [6, 6.07) is 0. The van der Waals surface area contributed by atoms with Crippen LogP contribution in [0.25, 0.3) is 0 Å². The number of nitrogens with zero attached hydrogens (tertiary/aromatic N) is 2. The van der Waals surface area contributed by atoms with Crippen molar-refractivity contribution in [2.75, 3.05) is 6.61 Å². The van der Waals surface area contributed by atoms with E-state index in [9.17, 15) is 9.59 Å². The van der Waals surface area contributed by atoms with Crippen LogP contribution in [0.3, 0.4) is 0 Å². The highest BCUT2D eigenvalue weighted by molar-refractivity contribution is 5.87. The molecule has 0 aromatic carbocycles.